The third kappa shape index (κ3) is 5.15. The Labute approximate surface area is 215 Å². The van der Waals surface area contributed by atoms with E-state index in [1.807, 2.05) is 4.90 Å². The maximum Gasteiger partial charge on any atom is 0.350 e. The highest BCUT2D eigenvalue weighted by atomic mass is 35.5. The van der Waals surface area contributed by atoms with Gasteiger partial charge in [0.1, 0.15) is 10.6 Å². The number of rotatable bonds is 7. The predicted molar refractivity (Wildman–Crippen MR) is 131 cm³/mol. The number of nitrogens with one attached hydrogen (secondary N) is 2. The lowest BCUT2D eigenvalue weighted by Gasteiger charge is -2.37. The smallest absolute Gasteiger partial charge is 0.350 e. The summed E-state index contributed by atoms with van der Waals surface area (Å²) in [6, 6.07) is -0.273. The van der Waals surface area contributed by atoms with Crippen molar-refractivity contribution in [2.45, 2.75) is 39.3 Å². The van der Waals surface area contributed by atoms with E-state index >= 15 is 0 Å². The number of halogens is 2. The lowest BCUT2D eigenvalue weighted by Crippen LogP contribution is -2.55. The van der Waals surface area contributed by atoms with Crippen molar-refractivity contribution in [1.82, 2.24) is 25.5 Å². The van der Waals surface area contributed by atoms with Gasteiger partial charge in [-0.2, -0.15) is 0 Å². The van der Waals surface area contributed by atoms with Crippen molar-refractivity contribution in [2.24, 2.45) is 0 Å². The molecule has 35 heavy (non-hydrogen) atoms. The van der Waals surface area contributed by atoms with E-state index in [-0.39, 0.29) is 51.8 Å². The minimum Gasteiger partial charge on any atom is -0.462 e. The van der Waals surface area contributed by atoms with Crippen LogP contribution in [0, 0.1) is 13.8 Å². The number of methoxy groups -OCH3 is 1. The van der Waals surface area contributed by atoms with Crippen LogP contribution < -0.4 is 10.2 Å². The van der Waals surface area contributed by atoms with Gasteiger partial charge in [-0.1, -0.05) is 34.5 Å². The van der Waals surface area contributed by atoms with Crippen LogP contribution in [-0.2, 0) is 9.47 Å². The summed E-state index contributed by atoms with van der Waals surface area (Å²) >= 11 is 13.5. The number of aromatic amines is 1. The summed E-state index contributed by atoms with van der Waals surface area (Å²) in [7, 11) is 1.58. The van der Waals surface area contributed by atoms with Gasteiger partial charge in [-0.05, 0) is 20.3 Å². The van der Waals surface area contributed by atoms with E-state index in [0.717, 1.165) is 0 Å². The second-order valence-electron chi connectivity index (χ2n) is 7.86. The largest absolute Gasteiger partial charge is 0.462 e. The number of carbonyl (C=O) groups is 2. The molecule has 1 amide bonds. The molecule has 188 valence electrons. The van der Waals surface area contributed by atoms with Gasteiger partial charge in [-0.25, -0.2) is 9.78 Å². The Morgan fingerprint density at radius 3 is 2.66 bits per heavy atom. The number of ether oxygens (including phenoxy) is 2. The third-order valence-electron chi connectivity index (χ3n) is 5.54. The first-order valence-electron chi connectivity index (χ1n) is 10.8. The fourth-order valence-electron chi connectivity index (χ4n) is 3.78. The van der Waals surface area contributed by atoms with Crippen molar-refractivity contribution in [2.75, 3.05) is 31.7 Å². The van der Waals surface area contributed by atoms with Crippen LogP contribution in [-0.4, -0.2) is 71.0 Å². The van der Waals surface area contributed by atoms with Crippen LogP contribution in [0.3, 0.4) is 0 Å². The second-order valence-corrected chi connectivity index (χ2v) is 9.60. The van der Waals surface area contributed by atoms with Crippen molar-refractivity contribution in [3.8, 4) is 11.6 Å². The van der Waals surface area contributed by atoms with Crippen LogP contribution in [0.4, 0.5) is 5.13 Å². The molecule has 0 bridgehead atoms. The molecule has 1 fully saturated rings. The number of aryl methyl sites for hydroxylation is 2. The van der Waals surface area contributed by atoms with Crippen LogP contribution in [0.1, 0.15) is 45.1 Å². The first kappa shape index (κ1) is 25.4. The van der Waals surface area contributed by atoms with Gasteiger partial charge in [-0.3, -0.25) is 4.79 Å². The molecular formula is C21H24Cl2N6O5S. The molecule has 4 rings (SSSR count). The highest BCUT2D eigenvalue weighted by Gasteiger charge is 2.34. The summed E-state index contributed by atoms with van der Waals surface area (Å²) in [5, 5.41) is 11.9. The number of hydrogen-bond donors (Lipinski definition) is 2. The Kier molecular flexibility index (Phi) is 7.64. The quantitative estimate of drug-likeness (QED) is 0.428. The van der Waals surface area contributed by atoms with E-state index in [9.17, 15) is 9.59 Å². The topological polar surface area (TPSA) is 135 Å². The lowest BCUT2D eigenvalue weighted by atomic mass is 10.0. The number of H-pyrrole nitrogens is 1. The molecule has 1 aliphatic rings. The first-order chi connectivity index (χ1) is 16.7. The fraction of sp³-hybridized carbons (Fsp3) is 0.476. The van der Waals surface area contributed by atoms with E-state index in [1.165, 1.54) is 11.3 Å². The van der Waals surface area contributed by atoms with Gasteiger partial charge in [-0.15, -0.1) is 10.2 Å². The zero-order valence-electron chi connectivity index (χ0n) is 19.5. The van der Waals surface area contributed by atoms with Gasteiger partial charge in [0.05, 0.1) is 28.8 Å². The van der Waals surface area contributed by atoms with Gasteiger partial charge in [0.15, 0.2) is 10.8 Å². The van der Waals surface area contributed by atoms with Crippen molar-refractivity contribution in [3.05, 3.63) is 32.2 Å². The SMILES string of the molecule is CCOC(=O)c1sc(N2CC[C@@H](NC(=O)c3[nH]c(C)c(Cl)c3Cl)[C@@H](OC)C2)nc1-c1nnc(C)o1. The van der Waals surface area contributed by atoms with Crippen LogP contribution in [0.15, 0.2) is 4.42 Å². The Balaban J connectivity index is 1.53. The van der Waals surface area contributed by atoms with Gasteiger partial charge in [0.25, 0.3) is 11.8 Å². The molecule has 0 unspecified atom stereocenters. The number of anilines is 1. The van der Waals surface area contributed by atoms with Gasteiger partial charge in [0.2, 0.25) is 5.89 Å². The second kappa shape index (κ2) is 10.5. The number of esters is 1. The molecule has 0 aliphatic carbocycles. The maximum absolute atomic E-state index is 12.8. The Morgan fingerprint density at radius 2 is 2.06 bits per heavy atom. The Bertz CT molecular complexity index is 1240. The minimum atomic E-state index is -0.510. The number of hydrogen-bond acceptors (Lipinski definition) is 10. The summed E-state index contributed by atoms with van der Waals surface area (Å²) in [6.45, 7) is 6.34. The van der Waals surface area contributed by atoms with E-state index < -0.39 is 5.97 Å². The van der Waals surface area contributed by atoms with Crippen LogP contribution in [0.2, 0.25) is 10.0 Å². The van der Waals surface area contributed by atoms with Crippen LogP contribution >= 0.6 is 34.5 Å². The van der Waals surface area contributed by atoms with Crippen molar-refractivity contribution in [1.29, 1.82) is 0 Å². The zero-order valence-corrected chi connectivity index (χ0v) is 21.8. The molecule has 0 radical (unpaired) electrons. The average molecular weight is 543 g/mol. The van der Waals surface area contributed by atoms with Crippen molar-refractivity contribution >= 4 is 51.5 Å². The number of thiazole rings is 1. The molecule has 3 aromatic rings. The standard InChI is InChI=1S/C21H24Cl2N6O5S/c1-5-33-20(31)17-16(19-28-27-10(3)34-19)26-21(35-17)29-7-6-11(12(8-29)32-4)25-18(30)15-14(23)13(22)9(2)24-15/h11-12,24H,5-8H2,1-4H3,(H,25,30)/t11-,12+/m1/s1. The normalized spacial score (nSPS) is 18.1. The fourth-order valence-corrected chi connectivity index (χ4v) is 5.18. The van der Waals surface area contributed by atoms with Crippen molar-refractivity contribution < 1.29 is 23.5 Å². The molecule has 3 aromatic heterocycles. The molecule has 1 aliphatic heterocycles. The summed E-state index contributed by atoms with van der Waals surface area (Å²) in [5.41, 5.74) is 1.11. The lowest BCUT2D eigenvalue weighted by molar-refractivity contribution is 0.0531. The van der Waals surface area contributed by atoms with Crippen LogP contribution in [0.5, 0.6) is 0 Å². The molecule has 4 heterocycles. The van der Waals surface area contributed by atoms with Crippen LogP contribution in [0.25, 0.3) is 11.6 Å². The first-order valence-corrected chi connectivity index (χ1v) is 12.4. The summed E-state index contributed by atoms with van der Waals surface area (Å²) < 4.78 is 16.4. The highest BCUT2D eigenvalue weighted by Crippen LogP contribution is 2.35. The molecule has 2 atom stereocenters. The minimum absolute atomic E-state index is 0.148. The molecule has 1 saturated heterocycles. The van der Waals surface area contributed by atoms with Gasteiger partial charge >= 0.3 is 5.97 Å². The summed E-state index contributed by atoms with van der Waals surface area (Å²) in [6.07, 6.45) is 0.223. The monoisotopic (exact) mass is 542 g/mol. The molecule has 0 saturated carbocycles. The molecule has 11 nitrogen and oxygen atoms in total. The zero-order chi connectivity index (χ0) is 25.3. The Morgan fingerprint density at radius 1 is 1.29 bits per heavy atom. The predicted octanol–water partition coefficient (Wildman–Crippen LogP) is 3.65. The molecule has 14 heteroatoms. The molecule has 0 spiro atoms. The average Bonchev–Trinajstić information content (AvgIpc) is 3.54. The summed E-state index contributed by atoms with van der Waals surface area (Å²) in [4.78, 5) is 35.2. The Hall–Kier alpha value is -2.67. The van der Waals surface area contributed by atoms with Gasteiger partial charge in [0, 0.05) is 32.8 Å². The van der Waals surface area contributed by atoms with Gasteiger partial charge < -0.3 is 29.1 Å². The van der Waals surface area contributed by atoms with E-state index in [0.29, 0.717) is 41.2 Å². The van der Waals surface area contributed by atoms with Crippen molar-refractivity contribution in [3.63, 3.8) is 0 Å². The van der Waals surface area contributed by atoms with E-state index in [4.69, 9.17) is 37.1 Å². The molecule has 0 aromatic carbocycles. The molecular weight excluding hydrogens is 519 g/mol. The molecule has 2 N–H and O–H groups in total. The van der Waals surface area contributed by atoms with E-state index in [1.54, 1.807) is 27.9 Å². The number of piperidine rings is 1. The number of nitrogens with zero attached hydrogens (tertiary/aromatic N) is 4. The number of aromatic nitrogens is 4. The van der Waals surface area contributed by atoms with E-state index in [2.05, 4.69) is 25.5 Å². The number of amides is 1. The maximum atomic E-state index is 12.8. The summed E-state index contributed by atoms with van der Waals surface area (Å²) in [5.74, 6) is -0.364. The third-order valence-corrected chi connectivity index (χ3v) is 7.58. The number of carbonyl (C=O) groups excluding carboxylic acids is 2. The highest BCUT2D eigenvalue weighted by molar-refractivity contribution is 7.17.